The summed E-state index contributed by atoms with van der Waals surface area (Å²) >= 11 is 0. The number of carbonyl (C=O) groups is 1. The molecule has 156 valence electrons. The van der Waals surface area contributed by atoms with Gasteiger partial charge in [-0.3, -0.25) is 4.79 Å². The summed E-state index contributed by atoms with van der Waals surface area (Å²) in [5, 5.41) is 8.50. The standard InChI is InChI=1S/C28H22N2O2/c31-28(25-16-8-3-9-17-25)27(24-14-6-2-7-15-24)30-29-20-23-13-10-18-26(19-23)32-21-22-11-4-1-5-12-22/h1-20H,21H2. The highest BCUT2D eigenvalue weighted by Gasteiger charge is 2.16. The molecule has 0 aromatic heterocycles. The van der Waals surface area contributed by atoms with E-state index in [4.69, 9.17) is 4.74 Å². The molecule has 0 spiro atoms. The minimum atomic E-state index is -0.172. The van der Waals surface area contributed by atoms with E-state index in [2.05, 4.69) is 10.2 Å². The van der Waals surface area contributed by atoms with Crippen molar-refractivity contribution in [3.63, 3.8) is 0 Å². The number of rotatable bonds is 8. The SMILES string of the molecule is O=C(C(=NN=Cc1cccc(OCc2ccccc2)c1)c1ccccc1)c1ccccc1. The molecule has 4 heteroatoms. The van der Waals surface area contributed by atoms with Gasteiger partial charge in [-0.25, -0.2) is 0 Å². The van der Waals surface area contributed by atoms with Crippen LogP contribution in [0.3, 0.4) is 0 Å². The first-order chi connectivity index (χ1) is 15.8. The first-order valence-corrected chi connectivity index (χ1v) is 10.3. The van der Waals surface area contributed by atoms with Gasteiger partial charge in [0.15, 0.2) is 0 Å². The quantitative estimate of drug-likeness (QED) is 0.201. The van der Waals surface area contributed by atoms with Crippen molar-refractivity contribution in [3.8, 4) is 5.75 Å². The van der Waals surface area contributed by atoms with Crippen molar-refractivity contribution in [2.75, 3.05) is 0 Å². The van der Waals surface area contributed by atoms with Gasteiger partial charge in [-0.1, -0.05) is 103 Å². The van der Waals surface area contributed by atoms with Crippen LogP contribution in [0.25, 0.3) is 0 Å². The highest BCUT2D eigenvalue weighted by atomic mass is 16.5. The summed E-state index contributed by atoms with van der Waals surface area (Å²) in [6.45, 7) is 0.489. The average Bonchev–Trinajstić information content (AvgIpc) is 2.87. The molecule has 0 aliphatic rings. The summed E-state index contributed by atoms with van der Waals surface area (Å²) in [5.41, 5.74) is 3.52. The Bertz CT molecular complexity index is 1220. The first-order valence-electron chi connectivity index (χ1n) is 10.3. The number of hydrogen-bond acceptors (Lipinski definition) is 4. The van der Waals surface area contributed by atoms with Crippen molar-refractivity contribution in [2.45, 2.75) is 6.61 Å². The van der Waals surface area contributed by atoms with Crippen molar-refractivity contribution >= 4 is 17.7 Å². The van der Waals surface area contributed by atoms with Crippen LogP contribution < -0.4 is 4.74 Å². The zero-order chi connectivity index (χ0) is 22.0. The molecule has 4 rings (SSSR count). The average molecular weight is 418 g/mol. The third-order valence-electron chi connectivity index (χ3n) is 4.77. The monoisotopic (exact) mass is 418 g/mol. The van der Waals surface area contributed by atoms with Crippen LogP contribution in [0.15, 0.2) is 125 Å². The number of hydrogen-bond donors (Lipinski definition) is 0. The van der Waals surface area contributed by atoms with E-state index in [1.165, 1.54) is 0 Å². The predicted octanol–water partition coefficient (Wildman–Crippen LogP) is 5.97. The number of nitrogens with zero attached hydrogens (tertiary/aromatic N) is 2. The topological polar surface area (TPSA) is 51.0 Å². The Morgan fingerprint density at radius 1 is 0.719 bits per heavy atom. The number of Topliss-reactive ketones (excluding diaryl/α,β-unsaturated/α-hetero) is 1. The van der Waals surface area contributed by atoms with Crippen LogP contribution in [0.4, 0.5) is 0 Å². The van der Waals surface area contributed by atoms with E-state index >= 15 is 0 Å². The maximum absolute atomic E-state index is 13.0. The molecule has 32 heavy (non-hydrogen) atoms. The van der Waals surface area contributed by atoms with Crippen molar-refractivity contribution in [1.82, 2.24) is 0 Å². The third-order valence-corrected chi connectivity index (χ3v) is 4.77. The molecule has 0 radical (unpaired) electrons. The molecular formula is C28H22N2O2. The zero-order valence-electron chi connectivity index (χ0n) is 17.5. The van der Waals surface area contributed by atoms with Crippen LogP contribution in [-0.2, 0) is 6.61 Å². The van der Waals surface area contributed by atoms with Gasteiger partial charge in [0.2, 0.25) is 5.78 Å². The summed E-state index contributed by atoms with van der Waals surface area (Å²) in [5.74, 6) is 0.569. The normalized spacial score (nSPS) is 11.4. The Balaban J connectivity index is 1.53. The summed E-state index contributed by atoms with van der Waals surface area (Å²) in [6.07, 6.45) is 1.62. The smallest absolute Gasteiger partial charge is 0.213 e. The maximum atomic E-state index is 13.0. The number of ketones is 1. The molecule has 0 N–H and O–H groups in total. The Labute approximate surface area is 187 Å². The van der Waals surface area contributed by atoms with Crippen molar-refractivity contribution in [3.05, 3.63) is 138 Å². The minimum Gasteiger partial charge on any atom is -0.489 e. The van der Waals surface area contributed by atoms with Crippen LogP contribution in [0.1, 0.15) is 27.0 Å². The molecule has 0 saturated heterocycles. The molecule has 0 heterocycles. The fourth-order valence-electron chi connectivity index (χ4n) is 3.14. The second-order valence-electron chi connectivity index (χ2n) is 7.10. The summed E-state index contributed by atoms with van der Waals surface area (Å²) < 4.78 is 5.87. The molecule has 0 unspecified atom stereocenters. The second kappa shape index (κ2) is 10.6. The lowest BCUT2D eigenvalue weighted by molar-refractivity contribution is 0.106. The molecule has 0 saturated carbocycles. The lowest BCUT2D eigenvalue weighted by Crippen LogP contribution is -2.15. The van der Waals surface area contributed by atoms with Gasteiger partial charge in [0.05, 0.1) is 6.21 Å². The Kier molecular flexibility index (Phi) is 6.96. The van der Waals surface area contributed by atoms with Gasteiger partial charge in [0.25, 0.3) is 0 Å². The first kappa shape index (κ1) is 20.9. The van der Waals surface area contributed by atoms with Gasteiger partial charge in [-0.15, -0.1) is 5.10 Å². The van der Waals surface area contributed by atoms with Crippen LogP contribution in [0.2, 0.25) is 0 Å². The van der Waals surface area contributed by atoms with Gasteiger partial charge in [0.1, 0.15) is 18.1 Å². The van der Waals surface area contributed by atoms with Crippen molar-refractivity contribution in [2.24, 2.45) is 10.2 Å². The molecule has 0 fully saturated rings. The van der Waals surface area contributed by atoms with Gasteiger partial charge < -0.3 is 4.74 Å². The highest BCUT2D eigenvalue weighted by molar-refractivity contribution is 6.51. The van der Waals surface area contributed by atoms with Gasteiger partial charge in [0, 0.05) is 11.1 Å². The lowest BCUT2D eigenvalue weighted by atomic mass is 10.0. The van der Waals surface area contributed by atoms with Crippen LogP contribution in [0.5, 0.6) is 5.75 Å². The summed E-state index contributed by atoms with van der Waals surface area (Å²) in [6, 6.07) is 36.1. The molecule has 4 aromatic rings. The molecule has 0 bridgehead atoms. The van der Waals surface area contributed by atoms with E-state index in [-0.39, 0.29) is 5.78 Å². The predicted molar refractivity (Wildman–Crippen MR) is 129 cm³/mol. The second-order valence-corrected chi connectivity index (χ2v) is 7.10. The highest BCUT2D eigenvalue weighted by Crippen LogP contribution is 2.15. The number of ether oxygens (including phenoxy) is 1. The molecular weight excluding hydrogens is 396 g/mol. The number of carbonyl (C=O) groups excluding carboxylic acids is 1. The Morgan fingerprint density at radius 2 is 1.34 bits per heavy atom. The number of benzene rings is 4. The molecule has 4 nitrogen and oxygen atoms in total. The van der Waals surface area contributed by atoms with E-state index in [0.717, 1.165) is 22.4 Å². The van der Waals surface area contributed by atoms with E-state index < -0.39 is 0 Å². The lowest BCUT2D eigenvalue weighted by Gasteiger charge is -2.06. The Hall–Kier alpha value is -4.31. The molecule has 0 aliphatic carbocycles. The fraction of sp³-hybridized carbons (Fsp3) is 0.0357. The largest absolute Gasteiger partial charge is 0.489 e. The van der Waals surface area contributed by atoms with Crippen LogP contribution in [0, 0.1) is 0 Å². The Morgan fingerprint density at radius 3 is 2.03 bits per heavy atom. The van der Waals surface area contributed by atoms with Gasteiger partial charge >= 0.3 is 0 Å². The van der Waals surface area contributed by atoms with Crippen LogP contribution >= 0.6 is 0 Å². The van der Waals surface area contributed by atoms with E-state index in [1.54, 1.807) is 18.3 Å². The van der Waals surface area contributed by atoms with E-state index in [1.807, 2.05) is 103 Å². The van der Waals surface area contributed by atoms with Crippen molar-refractivity contribution in [1.29, 1.82) is 0 Å². The molecule has 0 amide bonds. The minimum absolute atomic E-state index is 0.172. The van der Waals surface area contributed by atoms with E-state index in [9.17, 15) is 4.79 Å². The van der Waals surface area contributed by atoms with Gasteiger partial charge in [-0.2, -0.15) is 5.10 Å². The third kappa shape index (κ3) is 5.64. The maximum Gasteiger partial charge on any atom is 0.213 e. The zero-order valence-corrected chi connectivity index (χ0v) is 17.5. The van der Waals surface area contributed by atoms with Crippen molar-refractivity contribution < 1.29 is 9.53 Å². The fourth-order valence-corrected chi connectivity index (χ4v) is 3.14. The molecule has 4 aromatic carbocycles. The summed E-state index contributed by atoms with van der Waals surface area (Å²) in [7, 11) is 0. The summed E-state index contributed by atoms with van der Waals surface area (Å²) in [4.78, 5) is 13.0. The molecule has 0 aliphatic heterocycles. The van der Waals surface area contributed by atoms with Gasteiger partial charge in [-0.05, 0) is 23.3 Å². The van der Waals surface area contributed by atoms with E-state index in [0.29, 0.717) is 17.9 Å². The van der Waals surface area contributed by atoms with Crippen LogP contribution in [-0.4, -0.2) is 17.7 Å². The molecule has 0 atom stereocenters.